The minimum Gasteiger partial charge on any atom is -0.465 e. The molecule has 6 heteroatoms. The molecule has 0 radical (unpaired) electrons. The van der Waals surface area contributed by atoms with Crippen LogP contribution in [0.25, 0.3) is 0 Å². The lowest BCUT2D eigenvalue weighted by Gasteiger charge is -2.06. The van der Waals surface area contributed by atoms with Gasteiger partial charge >= 0.3 is 11.9 Å². The molecule has 1 N–H and O–H groups in total. The zero-order valence-corrected chi connectivity index (χ0v) is 15.0. The smallest absolute Gasteiger partial charge is 0.339 e. The van der Waals surface area contributed by atoms with E-state index < -0.39 is 24.3 Å². The molecule has 6 nitrogen and oxygen atoms in total. The van der Waals surface area contributed by atoms with Gasteiger partial charge in [-0.3, -0.25) is 4.79 Å². The van der Waals surface area contributed by atoms with Gasteiger partial charge in [-0.15, -0.1) is 0 Å². The Bertz CT molecular complexity index is 827. The molecule has 1 aromatic carbocycles. The van der Waals surface area contributed by atoms with E-state index in [4.69, 9.17) is 9.47 Å². The number of rotatable bonds is 5. The average molecular weight is 343 g/mol. The lowest BCUT2D eigenvalue weighted by molar-refractivity contribution is 0.0473. The molecule has 2 aromatic rings. The van der Waals surface area contributed by atoms with E-state index in [1.54, 1.807) is 26.0 Å². The molecular formula is C19H21NO5. The van der Waals surface area contributed by atoms with Crippen molar-refractivity contribution in [2.75, 3.05) is 13.7 Å². The zero-order chi connectivity index (χ0) is 18.7. The molecule has 1 heterocycles. The fourth-order valence-electron chi connectivity index (χ4n) is 2.82. The Labute approximate surface area is 146 Å². The first-order valence-corrected chi connectivity index (χ1v) is 7.80. The fraction of sp³-hybridized carbons (Fsp3) is 0.316. The summed E-state index contributed by atoms with van der Waals surface area (Å²) in [5.74, 6) is -1.49. The standard InChI is InChI=1S/C19H21NO5/c1-10-6-11(2)8-14(7-10)18(22)25-9-15(21)17-12(3)16(13(4)20-17)19(23)24-5/h6-8,20H,9H2,1-5H3. The number of aromatic amines is 1. The summed E-state index contributed by atoms with van der Waals surface area (Å²) in [4.78, 5) is 39.1. The number of nitrogens with one attached hydrogen (secondary N) is 1. The lowest BCUT2D eigenvalue weighted by Crippen LogP contribution is -2.16. The minimum atomic E-state index is -0.561. The molecule has 132 valence electrons. The van der Waals surface area contributed by atoms with Crippen LogP contribution in [0.5, 0.6) is 0 Å². The minimum absolute atomic E-state index is 0.242. The summed E-state index contributed by atoms with van der Waals surface area (Å²) >= 11 is 0. The van der Waals surface area contributed by atoms with Gasteiger partial charge in [-0.05, 0) is 45.4 Å². The van der Waals surface area contributed by atoms with Crippen molar-refractivity contribution in [1.82, 2.24) is 4.98 Å². The third-order valence-corrected chi connectivity index (χ3v) is 3.90. The number of aromatic nitrogens is 1. The maximum absolute atomic E-state index is 12.4. The first-order valence-electron chi connectivity index (χ1n) is 7.80. The van der Waals surface area contributed by atoms with Gasteiger partial charge in [0.05, 0.1) is 23.9 Å². The Kier molecular flexibility index (Phi) is 5.41. The third kappa shape index (κ3) is 3.96. The van der Waals surface area contributed by atoms with Crippen molar-refractivity contribution in [2.45, 2.75) is 27.7 Å². The molecule has 0 atom stereocenters. The maximum atomic E-state index is 12.4. The van der Waals surface area contributed by atoms with Crippen LogP contribution in [-0.2, 0) is 9.47 Å². The third-order valence-electron chi connectivity index (χ3n) is 3.90. The highest BCUT2D eigenvalue weighted by atomic mass is 16.5. The summed E-state index contributed by atoms with van der Waals surface area (Å²) in [5, 5.41) is 0. The van der Waals surface area contributed by atoms with Crippen LogP contribution in [-0.4, -0.2) is 36.4 Å². The van der Waals surface area contributed by atoms with Crippen LogP contribution < -0.4 is 0 Å². The van der Waals surface area contributed by atoms with Crippen LogP contribution in [0.4, 0.5) is 0 Å². The fourth-order valence-corrected chi connectivity index (χ4v) is 2.82. The molecule has 0 fully saturated rings. The van der Waals surface area contributed by atoms with Gasteiger partial charge < -0.3 is 14.5 Å². The number of hydrogen-bond acceptors (Lipinski definition) is 5. The number of H-pyrrole nitrogens is 1. The topological polar surface area (TPSA) is 85.5 Å². The normalized spacial score (nSPS) is 10.4. The Morgan fingerprint density at radius 3 is 2.12 bits per heavy atom. The van der Waals surface area contributed by atoms with E-state index in [2.05, 4.69) is 4.98 Å². The number of hydrogen-bond donors (Lipinski definition) is 1. The molecule has 0 spiro atoms. The summed E-state index contributed by atoms with van der Waals surface area (Å²) < 4.78 is 9.83. The molecule has 2 rings (SSSR count). The summed E-state index contributed by atoms with van der Waals surface area (Å²) in [6.45, 7) is 6.68. The van der Waals surface area contributed by atoms with Gasteiger partial charge in [-0.1, -0.05) is 17.2 Å². The first kappa shape index (κ1) is 18.4. The van der Waals surface area contributed by atoms with E-state index in [1.807, 2.05) is 19.9 Å². The quantitative estimate of drug-likeness (QED) is 0.666. The summed E-state index contributed by atoms with van der Waals surface area (Å²) in [6.07, 6.45) is 0. The van der Waals surface area contributed by atoms with Crippen LogP contribution in [0.1, 0.15) is 53.6 Å². The molecular weight excluding hydrogens is 322 g/mol. The first-order chi connectivity index (χ1) is 11.7. The van der Waals surface area contributed by atoms with Gasteiger partial charge in [0, 0.05) is 5.69 Å². The van der Waals surface area contributed by atoms with Gasteiger partial charge in [0.2, 0.25) is 5.78 Å². The van der Waals surface area contributed by atoms with Crippen molar-refractivity contribution in [3.05, 3.63) is 57.4 Å². The van der Waals surface area contributed by atoms with Crippen molar-refractivity contribution in [2.24, 2.45) is 0 Å². The van der Waals surface area contributed by atoms with Crippen LogP contribution >= 0.6 is 0 Å². The van der Waals surface area contributed by atoms with Crippen LogP contribution in [0.3, 0.4) is 0 Å². The monoisotopic (exact) mass is 343 g/mol. The van der Waals surface area contributed by atoms with Gasteiger partial charge in [0.25, 0.3) is 0 Å². The number of carbonyl (C=O) groups is 3. The Balaban J connectivity index is 2.13. The van der Waals surface area contributed by atoms with Crippen LogP contribution in [0.2, 0.25) is 0 Å². The van der Waals surface area contributed by atoms with Crippen molar-refractivity contribution >= 4 is 17.7 Å². The SMILES string of the molecule is COC(=O)c1c(C)[nH]c(C(=O)COC(=O)c2cc(C)cc(C)c2)c1C. The summed E-state index contributed by atoms with van der Waals surface area (Å²) in [6, 6.07) is 5.36. The second-order valence-corrected chi connectivity index (χ2v) is 5.99. The van der Waals surface area contributed by atoms with Crippen molar-refractivity contribution < 1.29 is 23.9 Å². The van der Waals surface area contributed by atoms with Gasteiger partial charge in [-0.25, -0.2) is 9.59 Å². The predicted molar refractivity (Wildman–Crippen MR) is 92.1 cm³/mol. The number of Topliss-reactive ketones (excluding diaryl/α,β-unsaturated/α-hetero) is 1. The highest BCUT2D eigenvalue weighted by Gasteiger charge is 2.23. The van der Waals surface area contributed by atoms with Crippen molar-refractivity contribution in [3.8, 4) is 0 Å². The van der Waals surface area contributed by atoms with E-state index in [0.29, 0.717) is 22.4 Å². The molecule has 0 unspecified atom stereocenters. The number of benzene rings is 1. The largest absolute Gasteiger partial charge is 0.465 e. The molecule has 0 saturated carbocycles. The van der Waals surface area contributed by atoms with E-state index >= 15 is 0 Å². The Hall–Kier alpha value is -2.89. The number of methoxy groups -OCH3 is 1. The molecule has 0 aliphatic heterocycles. The molecule has 0 aliphatic rings. The molecule has 1 aromatic heterocycles. The second-order valence-electron chi connectivity index (χ2n) is 5.99. The van der Waals surface area contributed by atoms with Crippen molar-refractivity contribution in [3.63, 3.8) is 0 Å². The molecule has 0 saturated heterocycles. The van der Waals surface area contributed by atoms with Gasteiger partial charge in [0.15, 0.2) is 6.61 Å². The average Bonchev–Trinajstić information content (AvgIpc) is 2.85. The Morgan fingerprint density at radius 2 is 1.56 bits per heavy atom. The predicted octanol–water partition coefficient (Wildman–Crippen LogP) is 3.07. The van der Waals surface area contributed by atoms with E-state index in [9.17, 15) is 14.4 Å². The van der Waals surface area contributed by atoms with Crippen LogP contribution in [0, 0.1) is 27.7 Å². The van der Waals surface area contributed by atoms with Crippen molar-refractivity contribution in [1.29, 1.82) is 0 Å². The molecule has 0 bridgehead atoms. The zero-order valence-electron chi connectivity index (χ0n) is 15.0. The van der Waals surface area contributed by atoms with Gasteiger partial charge in [0.1, 0.15) is 0 Å². The number of aryl methyl sites for hydroxylation is 3. The molecule has 0 amide bonds. The molecule has 0 aliphatic carbocycles. The second kappa shape index (κ2) is 7.34. The number of carbonyl (C=O) groups excluding carboxylic acids is 3. The van der Waals surface area contributed by atoms with E-state index in [0.717, 1.165) is 11.1 Å². The number of ketones is 1. The van der Waals surface area contributed by atoms with E-state index in [-0.39, 0.29) is 5.69 Å². The Morgan fingerprint density at radius 1 is 0.960 bits per heavy atom. The summed E-state index contributed by atoms with van der Waals surface area (Å²) in [5.41, 5.74) is 3.87. The highest BCUT2D eigenvalue weighted by molar-refractivity contribution is 6.03. The van der Waals surface area contributed by atoms with Gasteiger partial charge in [-0.2, -0.15) is 0 Å². The lowest BCUT2D eigenvalue weighted by atomic mass is 10.1. The summed E-state index contributed by atoms with van der Waals surface area (Å²) in [7, 11) is 1.28. The highest BCUT2D eigenvalue weighted by Crippen LogP contribution is 2.19. The maximum Gasteiger partial charge on any atom is 0.339 e. The van der Waals surface area contributed by atoms with Crippen LogP contribution in [0.15, 0.2) is 18.2 Å². The van der Waals surface area contributed by atoms with E-state index in [1.165, 1.54) is 7.11 Å². The number of ether oxygens (including phenoxy) is 2. The molecule has 25 heavy (non-hydrogen) atoms. The number of esters is 2.